The summed E-state index contributed by atoms with van der Waals surface area (Å²) in [5, 5.41) is 21.1. The second kappa shape index (κ2) is 5.51. The highest BCUT2D eigenvalue weighted by Gasteiger charge is 2.07. The monoisotopic (exact) mass is 223 g/mol. The van der Waals surface area contributed by atoms with Crippen molar-refractivity contribution in [2.24, 2.45) is 0 Å². The summed E-state index contributed by atoms with van der Waals surface area (Å²) in [6, 6.07) is 4.79. The summed E-state index contributed by atoms with van der Waals surface area (Å²) in [4.78, 5) is 11.6. The molecule has 0 fully saturated rings. The van der Waals surface area contributed by atoms with Gasteiger partial charge in [-0.05, 0) is 38.0 Å². The molecule has 0 spiro atoms. The van der Waals surface area contributed by atoms with Crippen LogP contribution in [0.4, 0.5) is 0 Å². The van der Waals surface area contributed by atoms with Gasteiger partial charge in [0.1, 0.15) is 5.75 Å². The molecule has 0 bridgehead atoms. The van der Waals surface area contributed by atoms with Gasteiger partial charge in [-0.15, -0.1) is 0 Å². The Labute approximate surface area is 94.9 Å². The normalized spacial score (nSPS) is 12.2. The fraction of sp³-hybridized carbons (Fsp3) is 0.417. The van der Waals surface area contributed by atoms with Gasteiger partial charge in [0, 0.05) is 12.1 Å². The molecule has 1 atom stereocenters. The first kappa shape index (κ1) is 12.5. The maximum atomic E-state index is 11.6. The molecule has 16 heavy (non-hydrogen) atoms. The lowest BCUT2D eigenvalue weighted by atomic mass is 10.1. The first-order valence-electron chi connectivity index (χ1n) is 5.26. The Kier molecular flexibility index (Phi) is 4.31. The molecule has 0 radical (unpaired) electrons. The van der Waals surface area contributed by atoms with E-state index in [0.29, 0.717) is 18.5 Å². The van der Waals surface area contributed by atoms with E-state index in [0.717, 1.165) is 5.56 Å². The van der Waals surface area contributed by atoms with Crippen LogP contribution in [0.25, 0.3) is 0 Å². The Morgan fingerprint density at radius 1 is 1.50 bits per heavy atom. The predicted molar refractivity (Wildman–Crippen MR) is 61.5 cm³/mol. The van der Waals surface area contributed by atoms with Crippen molar-refractivity contribution in [2.45, 2.75) is 26.4 Å². The van der Waals surface area contributed by atoms with Gasteiger partial charge >= 0.3 is 0 Å². The number of aliphatic hydroxyl groups excluding tert-OH is 1. The van der Waals surface area contributed by atoms with Gasteiger partial charge in [-0.2, -0.15) is 0 Å². The predicted octanol–water partition coefficient (Wildman–Crippen LogP) is 1.20. The van der Waals surface area contributed by atoms with Crippen LogP contribution in [0.2, 0.25) is 0 Å². The third kappa shape index (κ3) is 3.55. The van der Waals surface area contributed by atoms with Gasteiger partial charge < -0.3 is 15.5 Å². The highest BCUT2D eigenvalue weighted by molar-refractivity contribution is 5.94. The molecule has 0 aliphatic heterocycles. The summed E-state index contributed by atoms with van der Waals surface area (Å²) in [5.41, 5.74) is 1.16. The van der Waals surface area contributed by atoms with E-state index in [1.165, 1.54) is 6.07 Å². The standard InChI is InChI=1S/C12H17NO3/c1-8-3-4-10(7-11(8)15)12(16)13-6-5-9(2)14/h3-4,7,9,14-15H,5-6H2,1-2H3,(H,13,16). The molecule has 1 aromatic carbocycles. The maximum Gasteiger partial charge on any atom is 0.251 e. The lowest BCUT2D eigenvalue weighted by Gasteiger charge is -2.07. The lowest BCUT2D eigenvalue weighted by molar-refractivity contribution is 0.0945. The third-order valence-electron chi connectivity index (χ3n) is 2.32. The summed E-state index contributed by atoms with van der Waals surface area (Å²) in [7, 11) is 0. The fourth-order valence-corrected chi connectivity index (χ4v) is 1.25. The molecular weight excluding hydrogens is 206 g/mol. The number of amides is 1. The van der Waals surface area contributed by atoms with Gasteiger partial charge in [-0.3, -0.25) is 4.79 Å². The van der Waals surface area contributed by atoms with Gasteiger partial charge in [0.25, 0.3) is 5.91 Å². The molecule has 4 heteroatoms. The molecule has 1 unspecified atom stereocenters. The fourth-order valence-electron chi connectivity index (χ4n) is 1.25. The van der Waals surface area contributed by atoms with Crippen LogP contribution in [0, 0.1) is 6.92 Å². The maximum absolute atomic E-state index is 11.6. The van der Waals surface area contributed by atoms with Gasteiger partial charge in [0.2, 0.25) is 0 Å². The van der Waals surface area contributed by atoms with E-state index in [9.17, 15) is 9.90 Å². The third-order valence-corrected chi connectivity index (χ3v) is 2.32. The quantitative estimate of drug-likeness (QED) is 0.718. The number of hydrogen-bond acceptors (Lipinski definition) is 3. The molecule has 1 amide bonds. The van der Waals surface area contributed by atoms with E-state index in [2.05, 4.69) is 5.32 Å². The van der Waals surface area contributed by atoms with E-state index in [-0.39, 0.29) is 11.7 Å². The average molecular weight is 223 g/mol. The van der Waals surface area contributed by atoms with Crippen LogP contribution >= 0.6 is 0 Å². The van der Waals surface area contributed by atoms with Crippen molar-refractivity contribution >= 4 is 5.91 Å². The zero-order valence-corrected chi connectivity index (χ0v) is 9.53. The summed E-state index contributed by atoms with van der Waals surface area (Å²) in [5.74, 6) is -0.126. The number of phenolic OH excluding ortho intramolecular Hbond substituents is 1. The van der Waals surface area contributed by atoms with Crippen LogP contribution in [0.15, 0.2) is 18.2 Å². The van der Waals surface area contributed by atoms with Crippen molar-refractivity contribution in [2.75, 3.05) is 6.54 Å². The molecule has 1 rings (SSSR count). The number of aromatic hydroxyl groups is 1. The topological polar surface area (TPSA) is 69.6 Å². The summed E-state index contributed by atoms with van der Waals surface area (Å²) < 4.78 is 0. The smallest absolute Gasteiger partial charge is 0.251 e. The largest absolute Gasteiger partial charge is 0.508 e. The Hall–Kier alpha value is -1.55. The van der Waals surface area contributed by atoms with E-state index in [1.807, 2.05) is 0 Å². The number of rotatable bonds is 4. The van der Waals surface area contributed by atoms with Gasteiger partial charge in [-0.25, -0.2) is 0 Å². The van der Waals surface area contributed by atoms with Crippen LogP contribution in [-0.4, -0.2) is 28.8 Å². The second-order valence-corrected chi connectivity index (χ2v) is 3.89. The van der Waals surface area contributed by atoms with Crippen molar-refractivity contribution < 1.29 is 15.0 Å². The zero-order valence-electron chi connectivity index (χ0n) is 9.53. The Morgan fingerprint density at radius 2 is 2.19 bits per heavy atom. The van der Waals surface area contributed by atoms with Crippen molar-refractivity contribution in [3.05, 3.63) is 29.3 Å². The van der Waals surface area contributed by atoms with E-state index in [1.54, 1.807) is 26.0 Å². The van der Waals surface area contributed by atoms with Gasteiger partial charge in [0.15, 0.2) is 0 Å². The minimum absolute atomic E-state index is 0.114. The van der Waals surface area contributed by atoms with Gasteiger partial charge in [-0.1, -0.05) is 6.07 Å². The summed E-state index contributed by atoms with van der Waals surface area (Å²) in [6.07, 6.45) is 0.0931. The number of carbonyl (C=O) groups is 1. The number of phenols is 1. The molecule has 1 aromatic rings. The summed E-state index contributed by atoms with van der Waals surface area (Å²) in [6.45, 7) is 3.86. The van der Waals surface area contributed by atoms with Crippen molar-refractivity contribution in [1.29, 1.82) is 0 Å². The number of carbonyl (C=O) groups excluding carboxylic acids is 1. The number of hydrogen-bond donors (Lipinski definition) is 3. The highest BCUT2D eigenvalue weighted by atomic mass is 16.3. The van der Waals surface area contributed by atoms with Crippen molar-refractivity contribution in [3.8, 4) is 5.75 Å². The molecule has 0 aromatic heterocycles. The number of aryl methyl sites for hydroxylation is 1. The molecule has 3 N–H and O–H groups in total. The number of nitrogens with one attached hydrogen (secondary N) is 1. The van der Waals surface area contributed by atoms with Crippen LogP contribution in [0.1, 0.15) is 29.3 Å². The number of aliphatic hydroxyl groups is 1. The van der Waals surface area contributed by atoms with Crippen LogP contribution in [0.3, 0.4) is 0 Å². The highest BCUT2D eigenvalue weighted by Crippen LogP contribution is 2.17. The van der Waals surface area contributed by atoms with Gasteiger partial charge in [0.05, 0.1) is 6.10 Å². The average Bonchev–Trinajstić information content (AvgIpc) is 2.21. The van der Waals surface area contributed by atoms with Crippen LogP contribution in [0.5, 0.6) is 5.75 Å². The molecule has 0 aliphatic rings. The first-order chi connectivity index (χ1) is 7.50. The minimum atomic E-state index is -0.424. The molecule has 4 nitrogen and oxygen atoms in total. The molecule has 0 heterocycles. The minimum Gasteiger partial charge on any atom is -0.508 e. The first-order valence-corrected chi connectivity index (χ1v) is 5.26. The van der Waals surface area contributed by atoms with Crippen molar-refractivity contribution in [3.63, 3.8) is 0 Å². The molecule has 88 valence electrons. The summed E-state index contributed by atoms with van der Waals surface area (Å²) >= 11 is 0. The molecule has 0 aliphatic carbocycles. The number of benzene rings is 1. The molecule has 0 saturated carbocycles. The second-order valence-electron chi connectivity index (χ2n) is 3.89. The van der Waals surface area contributed by atoms with Crippen LogP contribution in [-0.2, 0) is 0 Å². The van der Waals surface area contributed by atoms with E-state index < -0.39 is 6.10 Å². The Balaban J connectivity index is 2.56. The molecular formula is C12H17NO3. The molecule has 0 saturated heterocycles. The SMILES string of the molecule is Cc1ccc(C(=O)NCCC(C)O)cc1O. The van der Waals surface area contributed by atoms with E-state index >= 15 is 0 Å². The van der Waals surface area contributed by atoms with E-state index in [4.69, 9.17) is 5.11 Å². The Bertz CT molecular complexity index is 375. The lowest BCUT2D eigenvalue weighted by Crippen LogP contribution is -2.26. The zero-order chi connectivity index (χ0) is 12.1. The Morgan fingerprint density at radius 3 is 2.75 bits per heavy atom. The van der Waals surface area contributed by atoms with Crippen LogP contribution < -0.4 is 5.32 Å². The van der Waals surface area contributed by atoms with Crippen molar-refractivity contribution in [1.82, 2.24) is 5.32 Å².